The van der Waals surface area contributed by atoms with E-state index < -0.39 is 0 Å². The summed E-state index contributed by atoms with van der Waals surface area (Å²) in [5.41, 5.74) is 4.99. The average Bonchev–Trinajstić information content (AvgIpc) is 2.81. The van der Waals surface area contributed by atoms with Gasteiger partial charge in [0, 0.05) is 0 Å². The molecule has 0 bridgehead atoms. The lowest BCUT2D eigenvalue weighted by molar-refractivity contribution is 0.302. The van der Waals surface area contributed by atoms with Gasteiger partial charge in [-0.2, -0.15) is 0 Å². The highest BCUT2D eigenvalue weighted by atomic mass is 16.5. The molecule has 2 unspecified atom stereocenters. The maximum atomic E-state index is 5.19. The summed E-state index contributed by atoms with van der Waals surface area (Å²) < 4.78 is 5.19. The number of ether oxygens (including phenoxy) is 1. The van der Waals surface area contributed by atoms with Crippen molar-refractivity contribution in [1.29, 1.82) is 0 Å². The van der Waals surface area contributed by atoms with Crippen molar-refractivity contribution in [3.63, 3.8) is 0 Å². The van der Waals surface area contributed by atoms with E-state index in [0.717, 1.165) is 33.8 Å². The largest absolute Gasteiger partial charge is 0.497 e. The van der Waals surface area contributed by atoms with Gasteiger partial charge in [-0.25, -0.2) is 0 Å². The molecule has 0 aliphatic carbocycles. The number of hydrogen-bond donors (Lipinski definition) is 0. The zero-order valence-corrected chi connectivity index (χ0v) is 23.4. The minimum absolute atomic E-state index is 0.489. The molecule has 0 N–H and O–H groups in total. The second kappa shape index (κ2) is 24.5. The van der Waals surface area contributed by atoms with E-state index in [-0.39, 0.29) is 0 Å². The summed E-state index contributed by atoms with van der Waals surface area (Å²) in [6.45, 7) is 39.4. The second-order valence-corrected chi connectivity index (χ2v) is 7.49. The first kappa shape index (κ1) is 36.6. The van der Waals surface area contributed by atoms with Crippen molar-refractivity contribution in [3.8, 4) is 0 Å². The Hall–Kier alpha value is -1.76. The van der Waals surface area contributed by atoms with Crippen LogP contribution < -0.4 is 0 Å². The van der Waals surface area contributed by atoms with Gasteiger partial charge in [0.2, 0.25) is 0 Å². The lowest BCUT2D eigenvalue weighted by atomic mass is 9.91. The Morgan fingerprint density at radius 3 is 1.65 bits per heavy atom. The van der Waals surface area contributed by atoms with Crippen molar-refractivity contribution in [2.24, 2.45) is 11.8 Å². The Morgan fingerprint density at radius 1 is 0.806 bits per heavy atom. The fraction of sp³-hybridized carbons (Fsp3) is 0.600. The van der Waals surface area contributed by atoms with Crippen LogP contribution in [0.15, 0.2) is 72.1 Å². The summed E-state index contributed by atoms with van der Waals surface area (Å²) in [6, 6.07) is 0. The summed E-state index contributed by atoms with van der Waals surface area (Å²) in [7, 11) is 1.63. The van der Waals surface area contributed by atoms with Crippen LogP contribution in [0, 0.1) is 11.8 Å². The standard InChI is InChI=1S/C23H36O.C3H8.2C2H6/c1-11-16(2)12-13-17(3)18(4)14-15-19(5)20(6)21(7)22(8)23(9)24-10;1-3-2;2*1-2/h14-17H,4-6,9,11-13H2,1-3,7-8,10H3;3H2,1-2H3;2*1-2H3/b15-14-,22-21-;;;. The molecule has 31 heavy (non-hydrogen) atoms. The molecule has 0 fully saturated rings. The third kappa shape index (κ3) is 18.7. The van der Waals surface area contributed by atoms with Crippen LogP contribution in [0.2, 0.25) is 0 Å². The van der Waals surface area contributed by atoms with Crippen molar-refractivity contribution in [2.45, 2.75) is 102 Å². The Morgan fingerprint density at radius 2 is 1.26 bits per heavy atom. The summed E-state index contributed by atoms with van der Waals surface area (Å²) in [5, 5.41) is 0. The van der Waals surface area contributed by atoms with E-state index in [1.807, 2.05) is 47.6 Å². The lowest BCUT2D eigenvalue weighted by Crippen LogP contribution is -2.01. The van der Waals surface area contributed by atoms with Crippen LogP contribution in [0.3, 0.4) is 0 Å². The van der Waals surface area contributed by atoms with Crippen LogP contribution >= 0.6 is 0 Å². The Balaban J connectivity index is -0.000000463. The summed E-state index contributed by atoms with van der Waals surface area (Å²) in [5.74, 6) is 1.93. The topological polar surface area (TPSA) is 9.23 Å². The van der Waals surface area contributed by atoms with E-state index in [0.29, 0.717) is 11.7 Å². The number of rotatable bonds is 11. The molecule has 0 amide bonds. The Bertz CT molecular complexity index is 557. The fourth-order valence-corrected chi connectivity index (χ4v) is 2.23. The molecule has 0 aliphatic rings. The van der Waals surface area contributed by atoms with Crippen LogP contribution in [0.5, 0.6) is 0 Å². The van der Waals surface area contributed by atoms with E-state index in [2.05, 4.69) is 67.0 Å². The highest BCUT2D eigenvalue weighted by Crippen LogP contribution is 2.25. The van der Waals surface area contributed by atoms with Crippen LogP contribution in [-0.2, 0) is 4.74 Å². The van der Waals surface area contributed by atoms with Crippen molar-refractivity contribution < 1.29 is 4.74 Å². The molecule has 0 aromatic rings. The summed E-state index contributed by atoms with van der Waals surface area (Å²) >= 11 is 0. The predicted molar refractivity (Wildman–Crippen MR) is 148 cm³/mol. The summed E-state index contributed by atoms with van der Waals surface area (Å²) in [6.07, 6.45) is 9.00. The van der Waals surface area contributed by atoms with Gasteiger partial charge >= 0.3 is 0 Å². The zero-order chi connectivity index (χ0) is 25.6. The van der Waals surface area contributed by atoms with Crippen LogP contribution in [0.4, 0.5) is 0 Å². The first-order valence-electron chi connectivity index (χ1n) is 12.2. The number of hydrogen-bond acceptors (Lipinski definition) is 1. The first-order chi connectivity index (χ1) is 14.6. The van der Waals surface area contributed by atoms with Gasteiger partial charge < -0.3 is 4.74 Å². The maximum absolute atomic E-state index is 5.19. The molecule has 0 aromatic heterocycles. The van der Waals surface area contributed by atoms with Gasteiger partial charge in [0.05, 0.1) is 7.11 Å². The molecule has 182 valence electrons. The van der Waals surface area contributed by atoms with Gasteiger partial charge in [0.15, 0.2) is 0 Å². The van der Waals surface area contributed by atoms with Gasteiger partial charge in [-0.05, 0) is 54.4 Å². The normalized spacial score (nSPS) is 12.4. The fourth-order valence-electron chi connectivity index (χ4n) is 2.23. The van der Waals surface area contributed by atoms with E-state index >= 15 is 0 Å². The van der Waals surface area contributed by atoms with Crippen molar-refractivity contribution in [2.75, 3.05) is 7.11 Å². The lowest BCUT2D eigenvalue weighted by Gasteiger charge is -2.15. The molecular formula is C30H56O. The third-order valence-electron chi connectivity index (χ3n) is 4.99. The van der Waals surface area contributed by atoms with Crippen molar-refractivity contribution in [1.82, 2.24) is 0 Å². The van der Waals surface area contributed by atoms with Gasteiger partial charge in [-0.1, -0.05) is 126 Å². The molecular weight excluding hydrogens is 376 g/mol. The molecule has 2 atom stereocenters. The van der Waals surface area contributed by atoms with Crippen LogP contribution in [0.1, 0.15) is 102 Å². The van der Waals surface area contributed by atoms with E-state index in [1.54, 1.807) is 7.11 Å². The van der Waals surface area contributed by atoms with Gasteiger partial charge in [-0.3, -0.25) is 0 Å². The minimum atomic E-state index is 0.489. The molecule has 0 saturated carbocycles. The first-order valence-corrected chi connectivity index (χ1v) is 12.2. The van der Waals surface area contributed by atoms with E-state index in [1.165, 1.54) is 25.7 Å². The smallest absolute Gasteiger partial charge is 0.114 e. The van der Waals surface area contributed by atoms with Crippen LogP contribution in [0.25, 0.3) is 0 Å². The Labute approximate surface area is 197 Å². The van der Waals surface area contributed by atoms with Gasteiger partial charge in [-0.15, -0.1) is 0 Å². The van der Waals surface area contributed by atoms with E-state index in [9.17, 15) is 0 Å². The third-order valence-corrected chi connectivity index (χ3v) is 4.99. The molecule has 0 saturated heterocycles. The SMILES string of the molecule is C=C(/C=C\C(=C)C(C)CCC(C)CC)C(=C)/C(C)=C(/C)C(=C)OC.CC.CC.CCC. The molecule has 0 rings (SSSR count). The predicted octanol–water partition coefficient (Wildman–Crippen LogP) is 10.6. The average molecular weight is 433 g/mol. The molecule has 1 nitrogen and oxygen atoms in total. The second-order valence-electron chi connectivity index (χ2n) is 7.49. The van der Waals surface area contributed by atoms with Crippen molar-refractivity contribution in [3.05, 3.63) is 72.1 Å². The Kier molecular flexibility index (Phi) is 28.9. The number of allylic oxidation sites excluding steroid dienone is 7. The minimum Gasteiger partial charge on any atom is -0.497 e. The molecule has 0 aromatic carbocycles. The highest BCUT2D eigenvalue weighted by molar-refractivity contribution is 5.52. The molecule has 1 heteroatoms. The molecule has 0 radical (unpaired) electrons. The van der Waals surface area contributed by atoms with Crippen LogP contribution in [-0.4, -0.2) is 7.11 Å². The van der Waals surface area contributed by atoms with E-state index in [4.69, 9.17) is 4.74 Å². The quantitative estimate of drug-likeness (QED) is 0.233. The monoisotopic (exact) mass is 432 g/mol. The molecule has 0 spiro atoms. The maximum Gasteiger partial charge on any atom is 0.114 e. The summed E-state index contributed by atoms with van der Waals surface area (Å²) in [4.78, 5) is 0. The highest BCUT2D eigenvalue weighted by Gasteiger charge is 2.09. The number of methoxy groups -OCH3 is 1. The molecule has 0 heterocycles. The van der Waals surface area contributed by atoms with Gasteiger partial charge in [0.1, 0.15) is 5.76 Å². The van der Waals surface area contributed by atoms with Crippen molar-refractivity contribution >= 4 is 0 Å². The van der Waals surface area contributed by atoms with Gasteiger partial charge in [0.25, 0.3) is 0 Å². The zero-order valence-electron chi connectivity index (χ0n) is 23.4. The molecule has 0 aliphatic heterocycles.